The lowest BCUT2D eigenvalue weighted by atomic mass is 10.2. The third-order valence-electron chi connectivity index (χ3n) is 3.21. The van der Waals surface area contributed by atoms with Crippen LogP contribution in [0.25, 0.3) is 0 Å². The van der Waals surface area contributed by atoms with Gasteiger partial charge in [0.1, 0.15) is 0 Å². The number of aliphatic hydroxyl groups excluding tert-OH is 1. The highest BCUT2D eigenvalue weighted by Gasteiger charge is 2.34. The standard InChI is InChI=1S/C10H18N2O2/c13-8-7-12-10(14)5-6-11(12)9-3-1-2-4-9/h9,13H,1-8H2. The second-order valence-electron chi connectivity index (χ2n) is 4.09. The number of hydrogen-bond donors (Lipinski definition) is 1. The molecule has 0 atom stereocenters. The van der Waals surface area contributed by atoms with E-state index in [9.17, 15) is 4.79 Å². The molecule has 1 saturated heterocycles. The van der Waals surface area contributed by atoms with Crippen molar-refractivity contribution in [3.05, 3.63) is 0 Å². The maximum Gasteiger partial charge on any atom is 0.238 e. The summed E-state index contributed by atoms with van der Waals surface area (Å²) in [6.45, 7) is 1.38. The van der Waals surface area contributed by atoms with E-state index in [-0.39, 0.29) is 12.5 Å². The van der Waals surface area contributed by atoms with Crippen molar-refractivity contribution in [1.82, 2.24) is 10.0 Å². The molecule has 0 bridgehead atoms. The van der Waals surface area contributed by atoms with Crippen molar-refractivity contribution in [2.24, 2.45) is 0 Å². The first kappa shape index (κ1) is 9.93. The summed E-state index contributed by atoms with van der Waals surface area (Å²) in [5.41, 5.74) is 0. The van der Waals surface area contributed by atoms with Gasteiger partial charge in [-0.05, 0) is 12.8 Å². The summed E-state index contributed by atoms with van der Waals surface area (Å²) >= 11 is 0. The van der Waals surface area contributed by atoms with Gasteiger partial charge in [-0.25, -0.2) is 5.01 Å². The number of carbonyl (C=O) groups excluding carboxylic acids is 1. The Morgan fingerprint density at radius 1 is 1.36 bits per heavy atom. The van der Waals surface area contributed by atoms with Gasteiger partial charge in [0, 0.05) is 19.0 Å². The lowest BCUT2D eigenvalue weighted by molar-refractivity contribution is -0.141. The maximum absolute atomic E-state index is 11.5. The Labute approximate surface area is 84.5 Å². The molecule has 0 unspecified atom stereocenters. The Bertz CT molecular complexity index is 214. The molecule has 4 nitrogen and oxygen atoms in total. The van der Waals surface area contributed by atoms with Crippen LogP contribution in [0, 0.1) is 0 Å². The minimum absolute atomic E-state index is 0.0644. The van der Waals surface area contributed by atoms with Crippen molar-refractivity contribution >= 4 is 5.91 Å². The first-order valence-electron chi connectivity index (χ1n) is 5.50. The van der Waals surface area contributed by atoms with Crippen LogP contribution in [0.2, 0.25) is 0 Å². The van der Waals surface area contributed by atoms with Gasteiger partial charge in [0.05, 0.1) is 13.2 Å². The molecule has 1 N–H and O–H groups in total. The number of hydrogen-bond acceptors (Lipinski definition) is 3. The zero-order valence-electron chi connectivity index (χ0n) is 8.48. The predicted molar refractivity (Wildman–Crippen MR) is 52.4 cm³/mol. The van der Waals surface area contributed by atoms with Crippen molar-refractivity contribution in [3.63, 3.8) is 0 Å². The summed E-state index contributed by atoms with van der Waals surface area (Å²) in [7, 11) is 0. The molecule has 0 radical (unpaired) electrons. The Morgan fingerprint density at radius 2 is 2.07 bits per heavy atom. The van der Waals surface area contributed by atoms with Gasteiger partial charge >= 0.3 is 0 Å². The van der Waals surface area contributed by atoms with Crippen molar-refractivity contribution < 1.29 is 9.90 Å². The molecule has 0 aromatic carbocycles. The SMILES string of the molecule is O=C1CCN(C2CCCC2)N1CCO. The topological polar surface area (TPSA) is 43.8 Å². The molecule has 2 fully saturated rings. The van der Waals surface area contributed by atoms with E-state index in [2.05, 4.69) is 5.01 Å². The predicted octanol–water partition coefficient (Wildman–Crippen LogP) is 0.371. The van der Waals surface area contributed by atoms with E-state index in [1.54, 1.807) is 5.01 Å². The molecule has 1 aliphatic carbocycles. The van der Waals surface area contributed by atoms with Crippen molar-refractivity contribution in [2.75, 3.05) is 19.7 Å². The largest absolute Gasteiger partial charge is 0.394 e. The van der Waals surface area contributed by atoms with Crippen molar-refractivity contribution in [3.8, 4) is 0 Å². The molecule has 0 aromatic heterocycles. The fourth-order valence-corrected chi connectivity index (χ4v) is 2.53. The van der Waals surface area contributed by atoms with Crippen LogP contribution in [0.3, 0.4) is 0 Å². The van der Waals surface area contributed by atoms with Crippen molar-refractivity contribution in [1.29, 1.82) is 0 Å². The van der Waals surface area contributed by atoms with Crippen LogP contribution in [-0.2, 0) is 4.79 Å². The number of β-amino-alcohol motifs (C(OH)–C–C–N with tert-alkyl or cyclic N) is 1. The smallest absolute Gasteiger partial charge is 0.238 e. The van der Waals surface area contributed by atoms with Crippen LogP contribution in [0.1, 0.15) is 32.1 Å². The summed E-state index contributed by atoms with van der Waals surface area (Å²) < 4.78 is 0. The Hall–Kier alpha value is -0.610. The summed E-state index contributed by atoms with van der Waals surface area (Å²) in [6.07, 6.45) is 5.59. The molecule has 4 heteroatoms. The highest BCUT2D eigenvalue weighted by Crippen LogP contribution is 2.27. The molecular formula is C10H18N2O2. The summed E-state index contributed by atoms with van der Waals surface area (Å²) in [5, 5.41) is 12.8. The van der Waals surface area contributed by atoms with Gasteiger partial charge in [0.2, 0.25) is 5.91 Å². The fraction of sp³-hybridized carbons (Fsp3) is 0.900. The summed E-state index contributed by atoms with van der Waals surface area (Å²) in [4.78, 5) is 11.5. The lowest BCUT2D eigenvalue weighted by Crippen LogP contribution is -2.45. The number of aliphatic hydroxyl groups is 1. The molecule has 1 amide bonds. The van der Waals surface area contributed by atoms with E-state index in [0.717, 1.165) is 6.54 Å². The van der Waals surface area contributed by atoms with Crippen molar-refractivity contribution in [2.45, 2.75) is 38.1 Å². The Morgan fingerprint density at radius 3 is 2.71 bits per heavy atom. The van der Waals surface area contributed by atoms with Crippen LogP contribution in [0.4, 0.5) is 0 Å². The molecule has 1 aliphatic heterocycles. The molecule has 1 saturated carbocycles. The van der Waals surface area contributed by atoms with E-state index in [4.69, 9.17) is 5.11 Å². The van der Waals surface area contributed by atoms with Gasteiger partial charge in [-0.3, -0.25) is 9.80 Å². The zero-order valence-corrected chi connectivity index (χ0v) is 8.48. The Kier molecular flexibility index (Phi) is 3.03. The van der Waals surface area contributed by atoms with Gasteiger partial charge in [-0.15, -0.1) is 0 Å². The number of nitrogens with zero attached hydrogens (tertiary/aromatic N) is 2. The van der Waals surface area contributed by atoms with E-state index in [0.29, 0.717) is 19.0 Å². The van der Waals surface area contributed by atoms with Gasteiger partial charge in [-0.2, -0.15) is 0 Å². The number of carbonyl (C=O) groups is 1. The average molecular weight is 198 g/mol. The second kappa shape index (κ2) is 4.28. The third-order valence-corrected chi connectivity index (χ3v) is 3.21. The zero-order chi connectivity index (χ0) is 9.97. The number of rotatable bonds is 3. The molecule has 1 heterocycles. The van der Waals surface area contributed by atoms with Crippen LogP contribution in [0.5, 0.6) is 0 Å². The van der Waals surface area contributed by atoms with Crippen LogP contribution in [0.15, 0.2) is 0 Å². The van der Waals surface area contributed by atoms with Gasteiger partial charge in [0.25, 0.3) is 0 Å². The van der Waals surface area contributed by atoms with Gasteiger partial charge < -0.3 is 5.11 Å². The van der Waals surface area contributed by atoms with Crippen LogP contribution in [-0.4, -0.2) is 46.8 Å². The summed E-state index contributed by atoms with van der Waals surface area (Å²) in [6, 6.07) is 0.549. The van der Waals surface area contributed by atoms with E-state index in [1.807, 2.05) is 0 Å². The first-order chi connectivity index (χ1) is 6.83. The molecule has 80 valence electrons. The van der Waals surface area contributed by atoms with Gasteiger partial charge in [-0.1, -0.05) is 12.8 Å². The van der Waals surface area contributed by atoms with Crippen LogP contribution < -0.4 is 0 Å². The quantitative estimate of drug-likeness (QED) is 0.712. The minimum atomic E-state index is 0.0644. The first-order valence-corrected chi connectivity index (χ1v) is 5.50. The highest BCUT2D eigenvalue weighted by atomic mass is 16.3. The minimum Gasteiger partial charge on any atom is -0.394 e. The molecule has 2 rings (SSSR count). The summed E-state index contributed by atoms with van der Waals surface area (Å²) in [5.74, 6) is 0.172. The fourth-order valence-electron chi connectivity index (χ4n) is 2.53. The highest BCUT2D eigenvalue weighted by molar-refractivity contribution is 5.77. The average Bonchev–Trinajstić information content (AvgIpc) is 2.77. The lowest BCUT2D eigenvalue weighted by Gasteiger charge is -2.32. The number of amides is 1. The van der Waals surface area contributed by atoms with Crippen LogP contribution >= 0.6 is 0 Å². The molecule has 14 heavy (non-hydrogen) atoms. The molecular weight excluding hydrogens is 180 g/mol. The maximum atomic E-state index is 11.5. The molecule has 0 aromatic rings. The monoisotopic (exact) mass is 198 g/mol. The number of hydrazine groups is 1. The van der Waals surface area contributed by atoms with E-state index in [1.165, 1.54) is 25.7 Å². The van der Waals surface area contributed by atoms with E-state index >= 15 is 0 Å². The van der Waals surface area contributed by atoms with Gasteiger partial charge in [0.15, 0.2) is 0 Å². The van der Waals surface area contributed by atoms with E-state index < -0.39 is 0 Å². The Balaban J connectivity index is 1.98. The third kappa shape index (κ3) is 1.77. The molecule has 0 spiro atoms. The second-order valence-corrected chi connectivity index (χ2v) is 4.09. The molecule has 2 aliphatic rings. The normalized spacial score (nSPS) is 25.2.